The van der Waals surface area contributed by atoms with Gasteiger partial charge in [-0.15, -0.1) is 0 Å². The van der Waals surface area contributed by atoms with Crippen LogP contribution in [0.5, 0.6) is 0 Å². The zero-order valence-corrected chi connectivity index (χ0v) is 12.5. The van der Waals surface area contributed by atoms with Gasteiger partial charge in [-0.2, -0.15) is 13.2 Å². The van der Waals surface area contributed by atoms with Crippen molar-refractivity contribution in [1.29, 1.82) is 0 Å². The van der Waals surface area contributed by atoms with E-state index < -0.39 is 11.7 Å². The van der Waals surface area contributed by atoms with Crippen molar-refractivity contribution in [2.24, 2.45) is 0 Å². The number of fused-ring (bicyclic) bond motifs is 1. The summed E-state index contributed by atoms with van der Waals surface area (Å²) in [6.45, 7) is 0. The first-order valence-corrected chi connectivity index (χ1v) is 7.28. The summed E-state index contributed by atoms with van der Waals surface area (Å²) in [4.78, 5) is 11.8. The molecule has 1 aliphatic carbocycles. The molecule has 2 aromatic rings. The third kappa shape index (κ3) is 2.52. The fourth-order valence-corrected chi connectivity index (χ4v) is 3.12. The van der Waals surface area contributed by atoms with Crippen molar-refractivity contribution in [1.82, 2.24) is 4.57 Å². The van der Waals surface area contributed by atoms with E-state index in [2.05, 4.69) is 15.9 Å². The van der Waals surface area contributed by atoms with Gasteiger partial charge in [-0.25, -0.2) is 0 Å². The molecule has 0 saturated carbocycles. The van der Waals surface area contributed by atoms with Gasteiger partial charge in [0.1, 0.15) is 0 Å². The molecule has 0 bridgehead atoms. The predicted octanol–water partition coefficient (Wildman–Crippen LogP) is 4.78. The Morgan fingerprint density at radius 2 is 1.90 bits per heavy atom. The second-order valence-electron chi connectivity index (χ2n) is 4.98. The molecule has 0 spiro atoms. The molecule has 6 heteroatoms. The van der Waals surface area contributed by atoms with Gasteiger partial charge in [-0.1, -0.05) is 15.9 Å². The molecule has 0 unspecified atom stereocenters. The Labute approximate surface area is 127 Å². The number of aromatic nitrogens is 1. The molecule has 3 rings (SSSR count). The summed E-state index contributed by atoms with van der Waals surface area (Å²) in [5.41, 5.74) is 1.12. The topological polar surface area (TPSA) is 22.0 Å². The lowest BCUT2D eigenvalue weighted by Crippen LogP contribution is -2.13. The normalized spacial score (nSPS) is 15.1. The Bertz CT molecular complexity index is 718. The van der Waals surface area contributed by atoms with Crippen molar-refractivity contribution in [3.05, 3.63) is 51.8 Å². The maximum atomic E-state index is 13.0. The summed E-state index contributed by atoms with van der Waals surface area (Å²) in [6.07, 6.45) is -0.815. The highest BCUT2D eigenvalue weighted by molar-refractivity contribution is 9.10. The van der Waals surface area contributed by atoms with Crippen LogP contribution in [0.3, 0.4) is 0 Å². The van der Waals surface area contributed by atoms with Crippen molar-refractivity contribution in [3.63, 3.8) is 0 Å². The molecular formula is C15H11BrF3NO. The fraction of sp³-hybridized carbons (Fsp3) is 0.267. The van der Waals surface area contributed by atoms with Crippen molar-refractivity contribution >= 4 is 21.7 Å². The summed E-state index contributed by atoms with van der Waals surface area (Å²) < 4.78 is 40.6. The van der Waals surface area contributed by atoms with Crippen molar-refractivity contribution < 1.29 is 18.0 Å². The Morgan fingerprint density at radius 1 is 1.14 bits per heavy atom. The van der Waals surface area contributed by atoms with Crippen LogP contribution in [0.1, 0.15) is 34.5 Å². The quantitative estimate of drug-likeness (QED) is 0.719. The van der Waals surface area contributed by atoms with Gasteiger partial charge >= 0.3 is 6.18 Å². The van der Waals surface area contributed by atoms with Crippen LogP contribution < -0.4 is 0 Å². The zero-order chi connectivity index (χ0) is 15.2. The lowest BCUT2D eigenvalue weighted by Gasteiger charge is -2.17. The number of ketones is 1. The molecule has 110 valence electrons. The molecule has 1 heterocycles. The molecular weight excluding hydrogens is 347 g/mol. The van der Waals surface area contributed by atoms with Crippen LogP contribution in [0.25, 0.3) is 5.69 Å². The first-order chi connectivity index (χ1) is 9.88. The second-order valence-corrected chi connectivity index (χ2v) is 5.84. The van der Waals surface area contributed by atoms with Crippen LogP contribution in [-0.4, -0.2) is 10.4 Å². The average molecular weight is 358 g/mol. The highest BCUT2D eigenvalue weighted by atomic mass is 79.9. The summed E-state index contributed by atoms with van der Waals surface area (Å²) in [6, 6.07) is 5.78. The van der Waals surface area contributed by atoms with Crippen LogP contribution in [0, 0.1) is 0 Å². The van der Waals surface area contributed by atoms with Crippen molar-refractivity contribution in [2.45, 2.75) is 25.4 Å². The lowest BCUT2D eigenvalue weighted by molar-refractivity contribution is -0.138. The summed E-state index contributed by atoms with van der Waals surface area (Å²) in [7, 11) is 0. The number of carbonyl (C=O) groups is 1. The van der Waals surface area contributed by atoms with Gasteiger partial charge < -0.3 is 4.57 Å². The smallest absolute Gasteiger partial charge is 0.320 e. The van der Waals surface area contributed by atoms with E-state index in [0.29, 0.717) is 24.1 Å². The molecule has 0 radical (unpaired) electrons. The number of halogens is 4. The van der Waals surface area contributed by atoms with Gasteiger partial charge in [-0.3, -0.25) is 4.79 Å². The highest BCUT2D eigenvalue weighted by Crippen LogP contribution is 2.36. The van der Waals surface area contributed by atoms with Gasteiger partial charge in [0.25, 0.3) is 0 Å². The van der Waals surface area contributed by atoms with E-state index in [1.54, 1.807) is 22.9 Å². The number of rotatable bonds is 1. The van der Waals surface area contributed by atoms with Crippen LogP contribution in [0.4, 0.5) is 13.2 Å². The number of alkyl halides is 3. The van der Waals surface area contributed by atoms with Crippen molar-refractivity contribution in [2.75, 3.05) is 0 Å². The van der Waals surface area contributed by atoms with E-state index in [-0.39, 0.29) is 10.3 Å². The van der Waals surface area contributed by atoms with E-state index >= 15 is 0 Å². The third-order valence-electron chi connectivity index (χ3n) is 3.64. The molecule has 0 aliphatic heterocycles. The Balaban J connectivity index is 2.12. The van der Waals surface area contributed by atoms with Crippen LogP contribution >= 0.6 is 15.9 Å². The summed E-state index contributed by atoms with van der Waals surface area (Å²) >= 11 is 2.93. The summed E-state index contributed by atoms with van der Waals surface area (Å²) in [5.74, 6) is 0.0585. The van der Waals surface area contributed by atoms with E-state index in [1.165, 1.54) is 6.07 Å². The number of carbonyl (C=O) groups excluding carboxylic acids is 1. The van der Waals surface area contributed by atoms with Crippen molar-refractivity contribution in [3.8, 4) is 5.69 Å². The SMILES string of the molecule is O=C1CCCc2c1ccn2-c1ccc(Br)c(C(F)(F)F)c1. The van der Waals surface area contributed by atoms with E-state index in [0.717, 1.165) is 18.2 Å². The third-order valence-corrected chi connectivity index (χ3v) is 4.33. The summed E-state index contributed by atoms with van der Waals surface area (Å²) in [5, 5.41) is 0. The van der Waals surface area contributed by atoms with Gasteiger partial charge in [0.15, 0.2) is 5.78 Å². The van der Waals surface area contributed by atoms with Crippen LogP contribution in [0.2, 0.25) is 0 Å². The number of nitrogens with zero attached hydrogens (tertiary/aromatic N) is 1. The molecule has 0 N–H and O–H groups in total. The number of hydrogen-bond acceptors (Lipinski definition) is 1. The molecule has 0 fully saturated rings. The van der Waals surface area contributed by atoms with Gasteiger partial charge in [0, 0.05) is 34.0 Å². The zero-order valence-electron chi connectivity index (χ0n) is 10.9. The number of hydrogen-bond donors (Lipinski definition) is 0. The Morgan fingerprint density at radius 3 is 2.62 bits per heavy atom. The maximum Gasteiger partial charge on any atom is 0.417 e. The highest BCUT2D eigenvalue weighted by Gasteiger charge is 2.33. The minimum Gasteiger partial charge on any atom is -0.320 e. The monoisotopic (exact) mass is 357 g/mol. The van der Waals surface area contributed by atoms with Gasteiger partial charge in [0.2, 0.25) is 0 Å². The first kappa shape index (κ1) is 14.4. The number of Topliss-reactive ketones (excluding diaryl/α,β-unsaturated/α-hetero) is 1. The number of benzene rings is 1. The Kier molecular flexibility index (Phi) is 3.43. The molecule has 1 aromatic carbocycles. The van der Waals surface area contributed by atoms with E-state index in [1.807, 2.05) is 0 Å². The minimum atomic E-state index is -4.42. The lowest BCUT2D eigenvalue weighted by atomic mass is 9.96. The molecule has 1 aromatic heterocycles. The second kappa shape index (κ2) is 5.02. The van der Waals surface area contributed by atoms with E-state index in [4.69, 9.17) is 0 Å². The van der Waals surface area contributed by atoms with Crippen LogP contribution in [-0.2, 0) is 12.6 Å². The fourth-order valence-electron chi connectivity index (χ4n) is 2.65. The molecule has 1 aliphatic rings. The molecule has 0 amide bonds. The molecule has 21 heavy (non-hydrogen) atoms. The molecule has 0 saturated heterocycles. The van der Waals surface area contributed by atoms with E-state index in [9.17, 15) is 18.0 Å². The Hall–Kier alpha value is -1.56. The maximum absolute atomic E-state index is 13.0. The van der Waals surface area contributed by atoms with Gasteiger partial charge in [0.05, 0.1) is 5.56 Å². The van der Waals surface area contributed by atoms with Crippen LogP contribution in [0.15, 0.2) is 34.9 Å². The predicted molar refractivity (Wildman–Crippen MR) is 75.7 cm³/mol. The average Bonchev–Trinajstić information content (AvgIpc) is 2.83. The minimum absolute atomic E-state index is 0.0100. The molecule has 0 atom stereocenters. The standard InChI is InChI=1S/C15H11BrF3NO/c16-12-5-4-9(8-11(12)15(17,18)19)20-7-6-10-13(20)2-1-3-14(10)21/h4-8H,1-3H2. The largest absolute Gasteiger partial charge is 0.417 e. The van der Waals surface area contributed by atoms with Gasteiger partial charge in [-0.05, 0) is 37.1 Å². The first-order valence-electron chi connectivity index (χ1n) is 6.48. The molecule has 2 nitrogen and oxygen atoms in total.